The van der Waals surface area contributed by atoms with E-state index in [0.29, 0.717) is 63.9 Å². The van der Waals surface area contributed by atoms with Crippen LogP contribution in [0.5, 0.6) is 5.75 Å². The highest BCUT2D eigenvalue weighted by atomic mass is 19.1. The molecular formula is C59H67FN12O5. The molecule has 3 aromatic heterocycles. The molecule has 6 atom stereocenters. The predicted molar refractivity (Wildman–Crippen MR) is 289 cm³/mol. The first-order chi connectivity index (χ1) is 37.3. The molecule has 6 fully saturated rings. The molecule has 17 nitrogen and oxygen atoms in total. The van der Waals surface area contributed by atoms with Crippen molar-refractivity contribution in [1.29, 1.82) is 0 Å². The van der Waals surface area contributed by atoms with E-state index in [1.165, 1.54) is 24.5 Å². The number of aliphatic hydroxyl groups excluding tert-OH is 1. The van der Waals surface area contributed by atoms with E-state index in [4.69, 9.17) is 30.1 Å². The number of nitrogens with one attached hydrogen (secondary N) is 1. The van der Waals surface area contributed by atoms with E-state index in [9.17, 15) is 19.4 Å². The molecule has 2 aliphatic carbocycles. The number of amidine groups is 1. The Balaban J connectivity index is 0.587. The highest BCUT2D eigenvalue weighted by Gasteiger charge is 2.56. The number of carbonyl (C=O) groups is 1. The number of fused-ring (bicyclic) bond motifs is 2. The zero-order valence-electron chi connectivity index (χ0n) is 43.9. The molecule has 6 aromatic rings. The average molecular weight is 1040 g/mol. The van der Waals surface area contributed by atoms with Crippen LogP contribution in [0.25, 0.3) is 22.4 Å². The van der Waals surface area contributed by atoms with E-state index in [1.54, 1.807) is 29.2 Å². The number of aromatic nitrogens is 5. The molecule has 77 heavy (non-hydrogen) atoms. The van der Waals surface area contributed by atoms with E-state index in [1.807, 2.05) is 75.4 Å². The SMILES string of the molecule is CC(C)[C@@H](C(=O)N1C[C@H](O)C[C@H]1C1=N[C@](C)(c2ccc(-c3ccccc3F)cc2)ON1)c1cc(C2CC3(C2)CC(N2CCC(c4cnc(N5C6CCC5CN(c5cc(-c7ccccc7O)nnc5N)C6)nc4)CC2)C3)no1. The van der Waals surface area contributed by atoms with Gasteiger partial charge in [0.05, 0.1) is 29.2 Å². The van der Waals surface area contributed by atoms with Gasteiger partial charge >= 0.3 is 0 Å². The number of amides is 1. The number of rotatable bonds is 12. The van der Waals surface area contributed by atoms with Crippen molar-refractivity contribution in [2.75, 3.05) is 48.3 Å². The molecular weight excluding hydrogens is 976 g/mol. The van der Waals surface area contributed by atoms with Crippen molar-refractivity contribution in [2.24, 2.45) is 16.3 Å². The number of nitrogens with two attached hydrogens (primary N) is 1. The number of hydrogen-bond donors (Lipinski definition) is 4. The quantitative estimate of drug-likeness (QED) is 0.0910. The van der Waals surface area contributed by atoms with Crippen molar-refractivity contribution in [1.82, 2.24) is 40.6 Å². The second kappa shape index (κ2) is 19.5. The molecule has 4 saturated heterocycles. The average Bonchev–Trinajstić information content (AvgIpc) is 4.22. The van der Waals surface area contributed by atoms with Gasteiger partial charge in [-0.2, -0.15) is 0 Å². The lowest BCUT2D eigenvalue weighted by Crippen LogP contribution is -2.57. The van der Waals surface area contributed by atoms with E-state index in [-0.39, 0.29) is 42.0 Å². The molecule has 5 N–H and O–H groups in total. The third-order valence-electron chi connectivity index (χ3n) is 18.3. The third kappa shape index (κ3) is 9.04. The fraction of sp³-hybridized carbons (Fsp3) is 0.475. The minimum atomic E-state index is -1.09. The maximum absolute atomic E-state index is 14.6. The highest BCUT2D eigenvalue weighted by molar-refractivity contribution is 5.94. The van der Waals surface area contributed by atoms with E-state index < -0.39 is 23.8 Å². The Morgan fingerprint density at radius 3 is 2.25 bits per heavy atom. The van der Waals surface area contributed by atoms with Crippen molar-refractivity contribution in [3.63, 3.8) is 0 Å². The summed E-state index contributed by atoms with van der Waals surface area (Å²) in [5, 5.41) is 34.6. The lowest BCUT2D eigenvalue weighted by Gasteiger charge is -2.60. The number of piperazine rings is 1. The predicted octanol–water partition coefficient (Wildman–Crippen LogP) is 8.29. The Morgan fingerprint density at radius 1 is 0.844 bits per heavy atom. The first-order valence-corrected chi connectivity index (χ1v) is 27.6. The summed E-state index contributed by atoms with van der Waals surface area (Å²) in [6.45, 7) is 9.77. The maximum Gasteiger partial charge on any atom is 0.234 e. The zero-order valence-corrected chi connectivity index (χ0v) is 43.9. The van der Waals surface area contributed by atoms with Crippen LogP contribution in [-0.2, 0) is 15.4 Å². The molecule has 8 heterocycles. The van der Waals surface area contributed by atoms with Crippen LogP contribution in [0.1, 0.15) is 119 Å². The number of piperidine rings is 1. The van der Waals surface area contributed by atoms with Gasteiger partial charge in [0, 0.05) is 85.2 Å². The van der Waals surface area contributed by atoms with Crippen LogP contribution in [0.15, 0.2) is 107 Å². The summed E-state index contributed by atoms with van der Waals surface area (Å²) in [7, 11) is 0. The number of nitrogen functional groups attached to an aromatic ring is 1. The number of phenolic OH excluding ortho intramolecular Hbond substituents is 1. The summed E-state index contributed by atoms with van der Waals surface area (Å²) in [4.78, 5) is 44.7. The van der Waals surface area contributed by atoms with Gasteiger partial charge in [-0.05, 0) is 124 Å². The number of hydroxylamine groups is 1. The summed E-state index contributed by atoms with van der Waals surface area (Å²) in [6, 6.07) is 25.8. The van der Waals surface area contributed by atoms with Crippen LogP contribution in [0.2, 0.25) is 0 Å². The normalized spacial score (nSPS) is 28.6. The molecule has 1 amide bonds. The second-order valence-electron chi connectivity index (χ2n) is 23.5. The number of aromatic hydroxyl groups is 1. The van der Waals surface area contributed by atoms with Gasteiger partial charge in [-0.25, -0.2) is 29.7 Å². The van der Waals surface area contributed by atoms with Gasteiger partial charge in [-0.1, -0.05) is 73.6 Å². The van der Waals surface area contributed by atoms with E-state index >= 15 is 0 Å². The standard InChI is InChI=1S/C59H67FN12O5/c1-34(2)53(56(75)71-33-43(73)22-50(71)55-64-58(3,77-68-55)39-14-12-36(13-15-39)44-8-4-6-10-46(44)60)52-24-47(67-76-52)37-25-59(26-37)27-42(28-59)69-20-18-35(19-21-69)38-29-62-57(63-30-38)72-40-16-17-41(72)32-70(31-40)49-23-48(65-66-54(49)61)45-9-5-7-11-51(45)74/h4-15,23-24,29-30,34-35,37,40-43,50,53,73-74H,16-22,25-28,31-33H2,1-3H3,(H2,61,66)(H,64,68)/t37?,40?,41?,42?,43-,50+,53-,58+,59?/m1/s1. The molecule has 5 aliphatic heterocycles. The Hall–Kier alpha value is -7.02. The lowest BCUT2D eigenvalue weighted by molar-refractivity contribution is -0.134. The van der Waals surface area contributed by atoms with Gasteiger partial charge in [-0.3, -0.25) is 4.79 Å². The van der Waals surface area contributed by atoms with Crippen LogP contribution >= 0.6 is 0 Å². The number of aliphatic imine (C=N–C) groups is 1. The summed E-state index contributed by atoms with van der Waals surface area (Å²) < 4.78 is 20.6. The number of phenols is 1. The van der Waals surface area contributed by atoms with Gasteiger partial charge in [0.15, 0.2) is 5.82 Å². The van der Waals surface area contributed by atoms with Crippen molar-refractivity contribution in [3.05, 3.63) is 126 Å². The number of aliphatic hydroxyl groups is 1. The summed E-state index contributed by atoms with van der Waals surface area (Å²) in [6.07, 6.45) is 12.6. The van der Waals surface area contributed by atoms with E-state index in [2.05, 4.69) is 47.9 Å². The summed E-state index contributed by atoms with van der Waals surface area (Å²) in [5.41, 5.74) is 14.9. The first kappa shape index (κ1) is 49.5. The minimum Gasteiger partial charge on any atom is -0.507 e. The number of para-hydroxylation sites is 1. The van der Waals surface area contributed by atoms with Gasteiger partial charge in [0.2, 0.25) is 17.6 Å². The molecule has 1 spiro atoms. The number of nitrogens with zero attached hydrogens (tertiary/aromatic N) is 10. The van der Waals surface area contributed by atoms with Gasteiger partial charge in [0.25, 0.3) is 0 Å². The molecule has 7 aliphatic rings. The largest absolute Gasteiger partial charge is 0.507 e. The van der Waals surface area contributed by atoms with Gasteiger partial charge < -0.3 is 40.1 Å². The first-order valence-electron chi connectivity index (χ1n) is 27.6. The zero-order chi connectivity index (χ0) is 52.7. The highest BCUT2D eigenvalue weighted by Crippen LogP contribution is 2.63. The Labute approximate surface area is 447 Å². The Morgan fingerprint density at radius 2 is 1.55 bits per heavy atom. The van der Waals surface area contributed by atoms with E-state index in [0.717, 1.165) is 93.2 Å². The van der Waals surface area contributed by atoms with Crippen LogP contribution in [0.3, 0.4) is 0 Å². The maximum atomic E-state index is 14.6. The van der Waals surface area contributed by atoms with Crippen molar-refractivity contribution in [3.8, 4) is 28.1 Å². The molecule has 2 saturated carbocycles. The van der Waals surface area contributed by atoms with Crippen LogP contribution in [0.4, 0.5) is 21.8 Å². The monoisotopic (exact) mass is 1040 g/mol. The number of halogens is 1. The topological polar surface area (TPSA) is 208 Å². The number of likely N-dealkylation sites (tertiary alicyclic amines) is 2. The Kier molecular flexibility index (Phi) is 12.5. The summed E-state index contributed by atoms with van der Waals surface area (Å²) >= 11 is 0. The lowest BCUT2D eigenvalue weighted by atomic mass is 9.49. The van der Waals surface area contributed by atoms with Crippen LogP contribution in [0, 0.1) is 17.2 Å². The van der Waals surface area contributed by atoms with Crippen molar-refractivity contribution < 1.29 is 28.8 Å². The summed E-state index contributed by atoms with van der Waals surface area (Å²) in [5.74, 6) is 2.05. The van der Waals surface area contributed by atoms with Gasteiger partial charge in [-0.15, -0.1) is 10.2 Å². The molecule has 3 aromatic carbocycles. The molecule has 2 unspecified atom stereocenters. The number of anilines is 3. The number of β-amino-alcohol motifs (C(OH)–C–C–N with tert-alkyl or cyclic N) is 1. The molecule has 0 radical (unpaired) electrons. The van der Waals surface area contributed by atoms with Crippen LogP contribution < -0.4 is 21.0 Å². The minimum absolute atomic E-state index is 0.0834. The fourth-order valence-electron chi connectivity index (χ4n) is 14.1. The second-order valence-corrected chi connectivity index (χ2v) is 23.5. The van der Waals surface area contributed by atoms with Crippen molar-refractivity contribution in [2.45, 2.75) is 132 Å². The van der Waals surface area contributed by atoms with Crippen molar-refractivity contribution >= 4 is 29.2 Å². The molecule has 13 rings (SSSR count). The molecule has 18 heteroatoms. The number of hydrogen-bond acceptors (Lipinski definition) is 16. The Bertz CT molecular complexity index is 3170. The van der Waals surface area contributed by atoms with Gasteiger partial charge in [0.1, 0.15) is 29.1 Å². The smallest absolute Gasteiger partial charge is 0.234 e. The molecule has 2 bridgehead atoms. The third-order valence-corrected chi connectivity index (χ3v) is 18.3. The number of benzene rings is 3. The molecule has 400 valence electrons. The fourth-order valence-corrected chi connectivity index (χ4v) is 14.1. The number of carbonyl (C=O) groups excluding carboxylic acids is 1. The van der Waals surface area contributed by atoms with Crippen LogP contribution in [-0.4, -0.2) is 120 Å².